The first-order valence-corrected chi connectivity index (χ1v) is 7.17. The van der Waals surface area contributed by atoms with Crippen LogP contribution < -0.4 is 0 Å². The summed E-state index contributed by atoms with van der Waals surface area (Å²) >= 11 is 0. The molecule has 0 saturated heterocycles. The van der Waals surface area contributed by atoms with Crippen LogP contribution in [-0.2, 0) is 17.6 Å². The van der Waals surface area contributed by atoms with Gasteiger partial charge in [0.05, 0.1) is 0 Å². The van der Waals surface area contributed by atoms with E-state index < -0.39 is 5.97 Å². The van der Waals surface area contributed by atoms with Crippen molar-refractivity contribution < 1.29 is 9.90 Å². The number of rotatable bonds is 5. The van der Waals surface area contributed by atoms with Crippen LogP contribution in [0.5, 0.6) is 0 Å². The van der Waals surface area contributed by atoms with Crippen LogP contribution in [0.1, 0.15) is 36.0 Å². The Morgan fingerprint density at radius 3 is 2.95 bits per heavy atom. The summed E-state index contributed by atoms with van der Waals surface area (Å²) in [6.07, 6.45) is 8.33. The number of carbonyl (C=O) groups is 1. The third kappa shape index (κ3) is 2.60. The van der Waals surface area contributed by atoms with Crippen molar-refractivity contribution in [3.63, 3.8) is 0 Å². The zero-order valence-corrected chi connectivity index (χ0v) is 11.4. The Bertz CT molecular complexity index is 683. The molecule has 20 heavy (non-hydrogen) atoms. The minimum Gasteiger partial charge on any atom is -0.481 e. The summed E-state index contributed by atoms with van der Waals surface area (Å²) in [5.74, 6) is -0.701. The van der Waals surface area contributed by atoms with Crippen molar-refractivity contribution in [1.29, 1.82) is 0 Å². The van der Waals surface area contributed by atoms with Crippen LogP contribution in [0.25, 0.3) is 16.8 Å². The van der Waals surface area contributed by atoms with Gasteiger partial charge in [0.2, 0.25) is 0 Å². The Morgan fingerprint density at radius 2 is 2.10 bits per heavy atom. The molecule has 1 aliphatic carbocycles. The summed E-state index contributed by atoms with van der Waals surface area (Å²) in [6, 6.07) is 11.0. The van der Waals surface area contributed by atoms with Gasteiger partial charge in [0, 0.05) is 6.42 Å². The molecule has 2 heteroatoms. The van der Waals surface area contributed by atoms with E-state index in [-0.39, 0.29) is 6.42 Å². The first kappa shape index (κ1) is 12.9. The van der Waals surface area contributed by atoms with Gasteiger partial charge in [0.1, 0.15) is 0 Å². The number of carboxylic acids is 1. The Labute approximate surface area is 118 Å². The number of unbranched alkanes of at least 4 members (excludes halogenated alkanes) is 1. The van der Waals surface area contributed by atoms with E-state index in [0.29, 0.717) is 0 Å². The molecule has 3 rings (SSSR count). The predicted molar refractivity (Wildman–Crippen MR) is 81.9 cm³/mol. The van der Waals surface area contributed by atoms with Gasteiger partial charge in [-0.2, -0.15) is 0 Å². The summed E-state index contributed by atoms with van der Waals surface area (Å²) in [5.41, 5.74) is 4.03. The molecule has 1 aliphatic rings. The second kappa shape index (κ2) is 5.49. The molecule has 0 aromatic heterocycles. The van der Waals surface area contributed by atoms with Gasteiger partial charge in [0.15, 0.2) is 0 Å². The smallest absolute Gasteiger partial charge is 0.303 e. The Kier molecular flexibility index (Phi) is 3.55. The maximum absolute atomic E-state index is 10.5. The Balaban J connectivity index is 1.83. The number of allylic oxidation sites excluding steroid dienone is 1. The molecule has 0 aliphatic heterocycles. The van der Waals surface area contributed by atoms with Gasteiger partial charge < -0.3 is 5.11 Å². The highest BCUT2D eigenvalue weighted by molar-refractivity contribution is 5.95. The lowest BCUT2D eigenvalue weighted by Gasteiger charge is -2.14. The molecular formula is C18H18O2. The van der Waals surface area contributed by atoms with E-state index in [9.17, 15) is 4.79 Å². The highest BCUT2D eigenvalue weighted by Crippen LogP contribution is 2.30. The Hall–Kier alpha value is -2.09. The average Bonchev–Trinajstić information content (AvgIpc) is 2.44. The molecule has 0 fully saturated rings. The molecule has 0 amide bonds. The van der Waals surface area contributed by atoms with Crippen molar-refractivity contribution in [3.05, 3.63) is 53.1 Å². The van der Waals surface area contributed by atoms with E-state index in [1.54, 1.807) is 0 Å². The van der Waals surface area contributed by atoms with Gasteiger partial charge >= 0.3 is 5.97 Å². The number of hydrogen-bond acceptors (Lipinski definition) is 1. The van der Waals surface area contributed by atoms with Crippen molar-refractivity contribution in [3.8, 4) is 0 Å². The van der Waals surface area contributed by atoms with E-state index in [4.69, 9.17) is 5.11 Å². The molecule has 0 radical (unpaired) electrons. The van der Waals surface area contributed by atoms with E-state index in [2.05, 4.69) is 42.5 Å². The molecule has 2 nitrogen and oxygen atoms in total. The maximum Gasteiger partial charge on any atom is 0.303 e. The van der Waals surface area contributed by atoms with Crippen LogP contribution in [0.2, 0.25) is 0 Å². The summed E-state index contributed by atoms with van der Waals surface area (Å²) < 4.78 is 0. The number of benzene rings is 2. The number of aliphatic carboxylic acids is 1. The van der Waals surface area contributed by atoms with Crippen LogP contribution in [-0.4, -0.2) is 11.1 Å². The van der Waals surface area contributed by atoms with Gasteiger partial charge in [0.25, 0.3) is 0 Å². The van der Waals surface area contributed by atoms with Crippen molar-refractivity contribution in [2.45, 2.75) is 32.1 Å². The first-order chi connectivity index (χ1) is 9.74. The molecule has 2 aromatic carbocycles. The molecular weight excluding hydrogens is 248 g/mol. The van der Waals surface area contributed by atoms with Crippen LogP contribution in [0.15, 0.2) is 36.4 Å². The van der Waals surface area contributed by atoms with Gasteiger partial charge in [-0.1, -0.05) is 42.5 Å². The predicted octanol–water partition coefficient (Wildman–Crippen LogP) is 4.21. The second-order valence-electron chi connectivity index (χ2n) is 5.41. The quantitative estimate of drug-likeness (QED) is 0.823. The monoisotopic (exact) mass is 266 g/mol. The van der Waals surface area contributed by atoms with Crippen molar-refractivity contribution in [2.24, 2.45) is 0 Å². The molecule has 2 aromatic rings. The summed E-state index contributed by atoms with van der Waals surface area (Å²) in [6.45, 7) is 0. The molecule has 0 unspecified atom stereocenters. The summed E-state index contributed by atoms with van der Waals surface area (Å²) in [4.78, 5) is 10.5. The van der Waals surface area contributed by atoms with Gasteiger partial charge in [-0.3, -0.25) is 4.79 Å². The lowest BCUT2D eigenvalue weighted by Crippen LogP contribution is -1.97. The number of carboxylic acid groups (broad SMARTS) is 1. The number of hydrogen-bond donors (Lipinski definition) is 1. The standard InChI is InChI=1S/C18H18O2/c19-17(20)10-2-1-5-13-11-15-8-3-6-14-7-4-9-16(12-13)18(14)15/h3-4,6-8,11-12H,1-2,5,9-10H2,(H,19,20). The van der Waals surface area contributed by atoms with Crippen molar-refractivity contribution >= 4 is 22.8 Å². The van der Waals surface area contributed by atoms with E-state index >= 15 is 0 Å². The second-order valence-corrected chi connectivity index (χ2v) is 5.41. The van der Waals surface area contributed by atoms with E-state index in [0.717, 1.165) is 25.7 Å². The molecule has 1 N–H and O–H groups in total. The fourth-order valence-electron chi connectivity index (χ4n) is 2.98. The molecule has 0 spiro atoms. The highest BCUT2D eigenvalue weighted by atomic mass is 16.4. The van der Waals surface area contributed by atoms with Crippen LogP contribution in [0.3, 0.4) is 0 Å². The summed E-state index contributed by atoms with van der Waals surface area (Å²) in [5, 5.41) is 11.3. The highest BCUT2D eigenvalue weighted by Gasteiger charge is 2.09. The average molecular weight is 266 g/mol. The number of aryl methyl sites for hydroxylation is 1. The lowest BCUT2D eigenvalue weighted by molar-refractivity contribution is -0.137. The fourth-order valence-corrected chi connectivity index (χ4v) is 2.98. The molecule has 102 valence electrons. The van der Waals surface area contributed by atoms with E-state index in [1.807, 2.05) is 0 Å². The zero-order valence-electron chi connectivity index (χ0n) is 11.4. The van der Waals surface area contributed by atoms with Gasteiger partial charge in [-0.05, 0) is 53.1 Å². The van der Waals surface area contributed by atoms with Crippen LogP contribution in [0.4, 0.5) is 0 Å². The maximum atomic E-state index is 10.5. The third-order valence-electron chi connectivity index (χ3n) is 3.89. The summed E-state index contributed by atoms with van der Waals surface area (Å²) in [7, 11) is 0. The normalized spacial score (nSPS) is 12.8. The minimum absolute atomic E-state index is 0.271. The fraction of sp³-hybridized carbons (Fsp3) is 0.278. The van der Waals surface area contributed by atoms with Crippen molar-refractivity contribution in [2.75, 3.05) is 0 Å². The molecule has 0 heterocycles. The van der Waals surface area contributed by atoms with E-state index in [1.165, 1.54) is 27.5 Å². The van der Waals surface area contributed by atoms with Crippen LogP contribution >= 0.6 is 0 Å². The van der Waals surface area contributed by atoms with Crippen LogP contribution in [0, 0.1) is 0 Å². The largest absolute Gasteiger partial charge is 0.481 e. The van der Waals surface area contributed by atoms with Gasteiger partial charge in [-0.25, -0.2) is 0 Å². The third-order valence-corrected chi connectivity index (χ3v) is 3.89. The van der Waals surface area contributed by atoms with Gasteiger partial charge in [-0.15, -0.1) is 0 Å². The minimum atomic E-state index is -0.701. The lowest BCUT2D eigenvalue weighted by atomic mass is 9.90. The van der Waals surface area contributed by atoms with Crippen molar-refractivity contribution in [1.82, 2.24) is 0 Å². The Morgan fingerprint density at radius 1 is 1.20 bits per heavy atom. The molecule has 0 saturated carbocycles. The first-order valence-electron chi connectivity index (χ1n) is 7.17. The SMILES string of the molecule is O=C(O)CCCCc1cc2c3c(cccc3c1)C=CC2. The molecule has 0 bridgehead atoms. The molecule has 0 atom stereocenters. The topological polar surface area (TPSA) is 37.3 Å². The zero-order chi connectivity index (χ0) is 13.9.